The van der Waals surface area contributed by atoms with Crippen LogP contribution in [0.15, 0.2) is 54.6 Å². The summed E-state index contributed by atoms with van der Waals surface area (Å²) in [7, 11) is 2.05. The number of aromatic carboxylic acids is 1. The molecule has 7 nitrogen and oxygen atoms in total. The number of anilines is 1. The smallest absolute Gasteiger partial charge is 0.339 e. The van der Waals surface area contributed by atoms with Gasteiger partial charge >= 0.3 is 5.97 Å². The molecular formula is C24H26N4O3. The lowest BCUT2D eigenvalue weighted by Gasteiger charge is -2.32. The monoisotopic (exact) mass is 418 g/mol. The lowest BCUT2D eigenvalue weighted by atomic mass is 9.95. The van der Waals surface area contributed by atoms with E-state index in [4.69, 9.17) is 4.74 Å². The van der Waals surface area contributed by atoms with Crippen LogP contribution in [0.3, 0.4) is 0 Å². The number of piperidine rings is 1. The number of hydrogen-bond acceptors (Lipinski definition) is 5. The summed E-state index contributed by atoms with van der Waals surface area (Å²) >= 11 is 0. The second-order valence-corrected chi connectivity index (χ2v) is 8.44. The highest BCUT2D eigenvalue weighted by molar-refractivity contribution is 5.90. The molecule has 2 aliphatic rings. The van der Waals surface area contributed by atoms with Gasteiger partial charge in [0.25, 0.3) is 0 Å². The van der Waals surface area contributed by atoms with Crippen LogP contribution < -0.4 is 9.64 Å². The van der Waals surface area contributed by atoms with Gasteiger partial charge in [-0.2, -0.15) is 0 Å². The summed E-state index contributed by atoms with van der Waals surface area (Å²) in [5.74, 6) is 1.39. The van der Waals surface area contributed by atoms with Crippen LogP contribution in [-0.4, -0.2) is 45.0 Å². The Morgan fingerprint density at radius 1 is 1.03 bits per heavy atom. The Bertz CT molecular complexity index is 1080. The van der Waals surface area contributed by atoms with E-state index in [-0.39, 0.29) is 17.1 Å². The molecule has 1 saturated carbocycles. The molecule has 2 fully saturated rings. The molecule has 2 aromatic carbocycles. The molecule has 1 aliphatic carbocycles. The van der Waals surface area contributed by atoms with Crippen molar-refractivity contribution in [2.24, 2.45) is 7.05 Å². The average molecular weight is 418 g/mol. The van der Waals surface area contributed by atoms with Crippen LogP contribution in [0.5, 0.6) is 5.75 Å². The molecule has 160 valence electrons. The number of carbonyl (C=O) groups is 1. The van der Waals surface area contributed by atoms with E-state index in [0.29, 0.717) is 5.75 Å². The van der Waals surface area contributed by atoms with Crippen LogP contribution in [-0.2, 0) is 12.5 Å². The normalized spacial score (nSPS) is 18.0. The van der Waals surface area contributed by atoms with Crippen LogP contribution in [0.25, 0.3) is 0 Å². The largest absolute Gasteiger partial charge is 0.489 e. The van der Waals surface area contributed by atoms with Crippen molar-refractivity contribution in [2.75, 3.05) is 18.0 Å². The summed E-state index contributed by atoms with van der Waals surface area (Å²) < 4.78 is 8.18. The first-order valence-corrected chi connectivity index (χ1v) is 10.8. The third-order valence-electron chi connectivity index (χ3n) is 6.49. The van der Waals surface area contributed by atoms with E-state index in [0.717, 1.165) is 50.5 Å². The van der Waals surface area contributed by atoms with Crippen LogP contribution in [0.1, 0.15) is 47.4 Å². The number of carboxylic acid groups (broad SMARTS) is 1. The minimum absolute atomic E-state index is 0.0106. The van der Waals surface area contributed by atoms with Gasteiger partial charge < -0.3 is 14.7 Å². The molecule has 3 aromatic rings. The first kappa shape index (κ1) is 19.6. The zero-order valence-electron chi connectivity index (χ0n) is 17.6. The van der Waals surface area contributed by atoms with Gasteiger partial charge in [-0.1, -0.05) is 42.5 Å². The number of para-hydroxylation sites is 1. The van der Waals surface area contributed by atoms with Gasteiger partial charge in [0.05, 0.1) is 5.41 Å². The molecule has 0 bridgehead atoms. The minimum Gasteiger partial charge on any atom is -0.489 e. The second-order valence-electron chi connectivity index (χ2n) is 8.44. The van der Waals surface area contributed by atoms with E-state index in [1.54, 1.807) is 24.3 Å². The Labute approximate surface area is 181 Å². The Hall–Kier alpha value is -3.35. The first-order valence-electron chi connectivity index (χ1n) is 10.8. The summed E-state index contributed by atoms with van der Waals surface area (Å²) in [5, 5.41) is 18.5. The molecule has 0 unspecified atom stereocenters. The van der Waals surface area contributed by atoms with E-state index >= 15 is 0 Å². The standard InChI is InChI=1S/C24H26N4O3/c1-27-22(24(13-14-24)17-7-3-2-4-8-17)25-26-23(27)28-15-11-18(12-16-28)31-20-10-6-5-9-19(20)21(29)30/h2-10,18H,11-16H2,1H3,(H,29,30). The topological polar surface area (TPSA) is 80.5 Å². The molecule has 0 radical (unpaired) electrons. The summed E-state index contributed by atoms with van der Waals surface area (Å²) in [6.07, 6.45) is 3.80. The molecule has 31 heavy (non-hydrogen) atoms. The molecule has 1 N–H and O–H groups in total. The molecule has 1 aliphatic heterocycles. The number of rotatable bonds is 6. The zero-order valence-corrected chi connectivity index (χ0v) is 17.6. The SMILES string of the molecule is Cn1c(N2CCC(Oc3ccccc3C(=O)O)CC2)nnc1C1(c2ccccc2)CC1. The van der Waals surface area contributed by atoms with E-state index in [9.17, 15) is 9.90 Å². The Kier molecular flexibility index (Phi) is 4.88. The summed E-state index contributed by atoms with van der Waals surface area (Å²) in [6, 6.07) is 17.4. The van der Waals surface area contributed by atoms with Gasteiger partial charge in [-0.05, 0) is 30.5 Å². The zero-order chi connectivity index (χ0) is 21.4. The summed E-state index contributed by atoms with van der Waals surface area (Å²) in [5.41, 5.74) is 1.50. The summed E-state index contributed by atoms with van der Waals surface area (Å²) in [4.78, 5) is 13.7. The van der Waals surface area contributed by atoms with E-state index in [1.807, 2.05) is 6.07 Å². The Morgan fingerprint density at radius 3 is 2.39 bits per heavy atom. The third kappa shape index (κ3) is 3.54. The second kappa shape index (κ2) is 7.72. The van der Waals surface area contributed by atoms with Crippen molar-refractivity contribution >= 4 is 11.9 Å². The number of aromatic nitrogens is 3. The highest BCUT2D eigenvalue weighted by Gasteiger charge is 2.50. The maximum absolute atomic E-state index is 11.4. The van der Waals surface area contributed by atoms with Crippen molar-refractivity contribution in [2.45, 2.75) is 37.2 Å². The predicted molar refractivity (Wildman–Crippen MR) is 117 cm³/mol. The molecule has 1 aromatic heterocycles. The van der Waals surface area contributed by atoms with Crippen molar-refractivity contribution < 1.29 is 14.6 Å². The fourth-order valence-electron chi connectivity index (χ4n) is 4.64. The molecule has 0 amide bonds. The Balaban J connectivity index is 1.28. The number of hydrogen-bond donors (Lipinski definition) is 1. The molecule has 2 heterocycles. The van der Waals surface area contributed by atoms with E-state index in [1.165, 1.54) is 5.56 Å². The van der Waals surface area contributed by atoms with Gasteiger partial charge in [-0.3, -0.25) is 4.57 Å². The number of nitrogens with zero attached hydrogens (tertiary/aromatic N) is 4. The maximum Gasteiger partial charge on any atom is 0.339 e. The molecule has 1 saturated heterocycles. The molecule has 0 spiro atoms. The van der Waals surface area contributed by atoms with Crippen LogP contribution in [0.2, 0.25) is 0 Å². The van der Waals surface area contributed by atoms with Crippen molar-refractivity contribution in [3.63, 3.8) is 0 Å². The molecular weight excluding hydrogens is 392 g/mol. The number of benzene rings is 2. The van der Waals surface area contributed by atoms with Crippen LogP contribution in [0.4, 0.5) is 5.95 Å². The maximum atomic E-state index is 11.4. The highest BCUT2D eigenvalue weighted by atomic mass is 16.5. The van der Waals surface area contributed by atoms with Gasteiger partial charge in [-0.25, -0.2) is 4.79 Å². The van der Waals surface area contributed by atoms with Gasteiger partial charge in [0.1, 0.15) is 23.2 Å². The Morgan fingerprint density at radius 2 is 1.71 bits per heavy atom. The van der Waals surface area contributed by atoms with Crippen LogP contribution in [0, 0.1) is 0 Å². The van der Waals surface area contributed by atoms with Crippen molar-refractivity contribution in [3.8, 4) is 5.75 Å². The molecule has 0 atom stereocenters. The lowest BCUT2D eigenvalue weighted by Crippen LogP contribution is -2.39. The van der Waals surface area contributed by atoms with Gasteiger partial charge in [0.2, 0.25) is 5.95 Å². The lowest BCUT2D eigenvalue weighted by molar-refractivity contribution is 0.0687. The number of ether oxygens (including phenoxy) is 1. The molecule has 7 heteroatoms. The first-order chi connectivity index (χ1) is 15.1. The quantitative estimate of drug-likeness (QED) is 0.658. The minimum atomic E-state index is -0.966. The predicted octanol–water partition coefficient (Wildman–Crippen LogP) is 3.64. The van der Waals surface area contributed by atoms with Crippen molar-refractivity contribution in [1.29, 1.82) is 0 Å². The van der Waals surface area contributed by atoms with Gasteiger partial charge in [-0.15, -0.1) is 10.2 Å². The van der Waals surface area contributed by atoms with Gasteiger partial charge in [0.15, 0.2) is 0 Å². The average Bonchev–Trinajstić information content (AvgIpc) is 3.51. The van der Waals surface area contributed by atoms with Gasteiger partial charge in [0, 0.05) is 33.0 Å². The van der Waals surface area contributed by atoms with E-state index < -0.39 is 5.97 Å². The fourth-order valence-corrected chi connectivity index (χ4v) is 4.64. The van der Waals surface area contributed by atoms with Crippen molar-refractivity contribution in [3.05, 3.63) is 71.5 Å². The summed E-state index contributed by atoms with van der Waals surface area (Å²) in [6.45, 7) is 1.59. The molecule has 5 rings (SSSR count). The highest BCUT2D eigenvalue weighted by Crippen LogP contribution is 2.53. The third-order valence-corrected chi connectivity index (χ3v) is 6.49. The number of carboxylic acids is 1. The fraction of sp³-hybridized carbons (Fsp3) is 0.375. The van der Waals surface area contributed by atoms with Crippen LogP contribution >= 0.6 is 0 Å². The van der Waals surface area contributed by atoms with E-state index in [2.05, 4.69) is 51.0 Å². The van der Waals surface area contributed by atoms with Crippen molar-refractivity contribution in [1.82, 2.24) is 14.8 Å².